The molecule has 0 aromatic carbocycles. The first-order chi connectivity index (χ1) is 9.61. The molecule has 1 fully saturated rings. The van der Waals surface area contributed by atoms with Gasteiger partial charge in [-0.05, 0) is 19.8 Å². The van der Waals surface area contributed by atoms with E-state index in [9.17, 15) is 9.59 Å². The van der Waals surface area contributed by atoms with E-state index in [2.05, 4.69) is 5.32 Å². The average Bonchev–Trinajstić information content (AvgIpc) is 2.94. The van der Waals surface area contributed by atoms with Crippen LogP contribution >= 0.6 is 11.8 Å². The van der Waals surface area contributed by atoms with Crippen LogP contribution in [-0.2, 0) is 14.3 Å². The lowest BCUT2D eigenvalue weighted by molar-refractivity contribution is -0.140. The van der Waals surface area contributed by atoms with Crippen LogP contribution in [0.1, 0.15) is 33.6 Å². The molecule has 1 aliphatic heterocycles. The second kappa shape index (κ2) is 9.23. The zero-order valence-corrected chi connectivity index (χ0v) is 13.5. The van der Waals surface area contributed by atoms with Crippen molar-refractivity contribution in [1.29, 1.82) is 0 Å². The van der Waals surface area contributed by atoms with Gasteiger partial charge in [0.25, 0.3) is 0 Å². The first kappa shape index (κ1) is 17.3. The summed E-state index contributed by atoms with van der Waals surface area (Å²) in [4.78, 5) is 26.1. The summed E-state index contributed by atoms with van der Waals surface area (Å²) in [5.41, 5.74) is 0. The Morgan fingerprint density at radius 2 is 2.20 bits per heavy atom. The number of rotatable bonds is 8. The molecule has 0 aromatic rings. The lowest BCUT2D eigenvalue weighted by Gasteiger charge is -2.25. The van der Waals surface area contributed by atoms with Crippen molar-refractivity contribution in [3.05, 3.63) is 0 Å². The Morgan fingerprint density at radius 3 is 2.85 bits per heavy atom. The highest BCUT2D eigenvalue weighted by molar-refractivity contribution is 7.99. The predicted octanol–water partition coefficient (Wildman–Crippen LogP) is 1.48. The van der Waals surface area contributed by atoms with Crippen LogP contribution in [0.4, 0.5) is 0 Å². The molecule has 1 rings (SSSR count). The van der Waals surface area contributed by atoms with Crippen molar-refractivity contribution in [2.45, 2.75) is 39.7 Å². The van der Waals surface area contributed by atoms with Gasteiger partial charge in [-0.15, -0.1) is 11.8 Å². The van der Waals surface area contributed by atoms with E-state index in [4.69, 9.17) is 4.74 Å². The number of carbonyl (C=O) groups excluding carboxylic acids is 2. The van der Waals surface area contributed by atoms with Gasteiger partial charge in [0, 0.05) is 31.4 Å². The van der Waals surface area contributed by atoms with Gasteiger partial charge in [0.15, 0.2) is 0 Å². The molecule has 6 heteroatoms. The fourth-order valence-electron chi connectivity index (χ4n) is 1.98. The third-order valence-electron chi connectivity index (χ3n) is 3.47. The van der Waals surface area contributed by atoms with Crippen molar-refractivity contribution in [2.24, 2.45) is 5.92 Å². The van der Waals surface area contributed by atoms with Crippen LogP contribution in [0.5, 0.6) is 0 Å². The fraction of sp³-hybridized carbons (Fsp3) is 0.857. The lowest BCUT2D eigenvalue weighted by atomic mass is 10.1. The van der Waals surface area contributed by atoms with Crippen molar-refractivity contribution in [3.63, 3.8) is 0 Å². The molecule has 2 atom stereocenters. The first-order valence-electron chi connectivity index (χ1n) is 7.35. The molecular weight excluding hydrogens is 276 g/mol. The number of carbonyl (C=O) groups is 2. The van der Waals surface area contributed by atoms with Crippen LogP contribution in [0, 0.1) is 5.92 Å². The lowest BCUT2D eigenvalue weighted by Crippen LogP contribution is -2.48. The number of thioether (sulfide) groups is 1. The van der Waals surface area contributed by atoms with E-state index in [0.717, 1.165) is 12.8 Å². The van der Waals surface area contributed by atoms with Crippen LogP contribution < -0.4 is 5.32 Å². The number of amides is 2. The number of nitrogens with one attached hydrogen (secondary N) is 1. The Kier molecular flexibility index (Phi) is 7.99. The van der Waals surface area contributed by atoms with Crippen molar-refractivity contribution < 1.29 is 14.3 Å². The van der Waals surface area contributed by atoms with E-state index in [1.165, 1.54) is 0 Å². The van der Waals surface area contributed by atoms with Crippen LogP contribution in [0.15, 0.2) is 0 Å². The maximum atomic E-state index is 12.2. The summed E-state index contributed by atoms with van der Waals surface area (Å²) >= 11 is 1.64. The topological polar surface area (TPSA) is 58.6 Å². The molecule has 0 aromatic heterocycles. The fourth-order valence-corrected chi connectivity index (χ4v) is 3.15. The van der Waals surface area contributed by atoms with Crippen LogP contribution in [0.3, 0.4) is 0 Å². The molecule has 0 unspecified atom stereocenters. The maximum absolute atomic E-state index is 12.2. The minimum Gasteiger partial charge on any atom is -0.382 e. The molecule has 1 heterocycles. The first-order valence-corrected chi connectivity index (χ1v) is 8.50. The molecule has 0 saturated carbocycles. The predicted molar refractivity (Wildman–Crippen MR) is 81.5 cm³/mol. The molecule has 1 aliphatic rings. The molecule has 5 nitrogen and oxygen atoms in total. The second-order valence-corrected chi connectivity index (χ2v) is 5.97. The molecule has 1 saturated heterocycles. The Balaban J connectivity index is 2.40. The van der Waals surface area contributed by atoms with Gasteiger partial charge in [-0.2, -0.15) is 0 Å². The molecular formula is C14H26N2O3S. The van der Waals surface area contributed by atoms with E-state index in [1.807, 2.05) is 20.8 Å². The van der Waals surface area contributed by atoms with Gasteiger partial charge in [0.2, 0.25) is 11.8 Å². The van der Waals surface area contributed by atoms with Crippen LogP contribution in [0.25, 0.3) is 0 Å². The number of hydrogen-bond acceptors (Lipinski definition) is 4. The molecule has 20 heavy (non-hydrogen) atoms. The summed E-state index contributed by atoms with van der Waals surface area (Å²) < 4.78 is 5.23. The standard InChI is InChI=1S/C14H26N2O3S/c1-4-11(3)14(18)16-10-20-9-12(16)13(17)15-7-6-8-19-5-2/h11-12H,4-10H2,1-3H3,(H,15,17)/t11-,12-/m0/s1. The highest BCUT2D eigenvalue weighted by atomic mass is 32.2. The van der Waals surface area contributed by atoms with E-state index >= 15 is 0 Å². The summed E-state index contributed by atoms with van der Waals surface area (Å²) in [5, 5.41) is 2.90. The van der Waals surface area contributed by atoms with Gasteiger partial charge in [0.05, 0.1) is 5.88 Å². The third kappa shape index (κ3) is 4.98. The largest absolute Gasteiger partial charge is 0.382 e. The highest BCUT2D eigenvalue weighted by Crippen LogP contribution is 2.23. The highest BCUT2D eigenvalue weighted by Gasteiger charge is 2.35. The molecule has 0 bridgehead atoms. The Hall–Kier alpha value is -0.750. The average molecular weight is 302 g/mol. The van der Waals surface area contributed by atoms with Crippen LogP contribution in [0.2, 0.25) is 0 Å². The zero-order valence-electron chi connectivity index (χ0n) is 12.7. The van der Waals surface area contributed by atoms with Crippen molar-refractivity contribution in [3.8, 4) is 0 Å². The van der Waals surface area contributed by atoms with Crippen molar-refractivity contribution in [1.82, 2.24) is 10.2 Å². The van der Waals surface area contributed by atoms with Crippen molar-refractivity contribution >= 4 is 23.6 Å². The third-order valence-corrected chi connectivity index (χ3v) is 4.48. The number of hydrogen-bond donors (Lipinski definition) is 1. The van der Waals surface area contributed by atoms with Crippen LogP contribution in [-0.4, -0.2) is 54.1 Å². The molecule has 0 spiro atoms. The van der Waals surface area contributed by atoms with E-state index < -0.39 is 0 Å². The summed E-state index contributed by atoms with van der Waals surface area (Å²) in [6, 6.07) is -0.311. The van der Waals surface area contributed by atoms with Gasteiger partial charge >= 0.3 is 0 Å². The van der Waals surface area contributed by atoms with Gasteiger partial charge in [-0.25, -0.2) is 0 Å². The SMILES string of the molecule is CCOCCCNC(=O)[C@@H]1CSCN1C(=O)[C@@H](C)CC. The Bertz CT molecular complexity index is 326. The monoisotopic (exact) mass is 302 g/mol. The molecule has 0 aliphatic carbocycles. The zero-order chi connectivity index (χ0) is 15.0. The number of nitrogens with zero attached hydrogens (tertiary/aromatic N) is 1. The number of ether oxygens (including phenoxy) is 1. The van der Waals surface area contributed by atoms with E-state index in [1.54, 1.807) is 16.7 Å². The van der Waals surface area contributed by atoms with E-state index in [-0.39, 0.29) is 23.8 Å². The molecule has 1 N–H and O–H groups in total. The minimum atomic E-state index is -0.311. The smallest absolute Gasteiger partial charge is 0.243 e. The van der Waals surface area contributed by atoms with Crippen molar-refractivity contribution in [2.75, 3.05) is 31.4 Å². The normalized spacial score (nSPS) is 19.9. The molecule has 0 radical (unpaired) electrons. The summed E-state index contributed by atoms with van der Waals surface area (Å²) in [5.74, 6) is 1.36. The molecule has 2 amide bonds. The van der Waals surface area contributed by atoms with Gasteiger partial charge < -0.3 is 15.0 Å². The second-order valence-electron chi connectivity index (χ2n) is 4.97. The Morgan fingerprint density at radius 1 is 1.45 bits per heavy atom. The Labute approximate surface area is 125 Å². The summed E-state index contributed by atoms with van der Waals surface area (Å²) in [7, 11) is 0. The van der Waals surface area contributed by atoms with E-state index in [0.29, 0.717) is 31.4 Å². The minimum absolute atomic E-state index is 0.0121. The molecule has 116 valence electrons. The quantitative estimate of drug-likeness (QED) is 0.690. The van der Waals surface area contributed by atoms with Gasteiger partial charge in [0.1, 0.15) is 6.04 Å². The summed E-state index contributed by atoms with van der Waals surface area (Å²) in [6.45, 7) is 7.82. The van der Waals surface area contributed by atoms with Gasteiger partial charge in [-0.3, -0.25) is 9.59 Å². The summed E-state index contributed by atoms with van der Waals surface area (Å²) in [6.07, 6.45) is 1.61. The maximum Gasteiger partial charge on any atom is 0.243 e. The van der Waals surface area contributed by atoms with Gasteiger partial charge in [-0.1, -0.05) is 13.8 Å².